The Morgan fingerprint density at radius 1 is 1.16 bits per heavy atom. The van der Waals surface area contributed by atoms with E-state index >= 15 is 0 Å². The van der Waals surface area contributed by atoms with Crippen LogP contribution in [0.25, 0.3) is 11.2 Å². The quantitative estimate of drug-likeness (QED) is 0.666. The van der Waals surface area contributed by atoms with Crippen molar-refractivity contribution in [2.75, 3.05) is 18.4 Å². The summed E-state index contributed by atoms with van der Waals surface area (Å²) >= 11 is 0. The fraction of sp³-hybridized carbons (Fsp3) is 0.368. The zero-order valence-electron chi connectivity index (χ0n) is 14.1. The molecule has 130 valence electrons. The molecule has 3 N–H and O–H groups in total. The van der Waals surface area contributed by atoms with Crippen molar-refractivity contribution < 1.29 is 5.11 Å². The molecule has 0 aliphatic carbocycles. The Hall–Kier alpha value is -2.44. The SMILES string of the molecule is OC(Cn1c(NC2CCNCC2)nc2cccnc21)c1ccccc1. The van der Waals surface area contributed by atoms with Gasteiger partial charge in [-0.25, -0.2) is 9.97 Å². The van der Waals surface area contributed by atoms with Gasteiger partial charge in [-0.1, -0.05) is 30.3 Å². The number of rotatable bonds is 5. The van der Waals surface area contributed by atoms with E-state index in [9.17, 15) is 5.11 Å². The van der Waals surface area contributed by atoms with Gasteiger partial charge in [0.05, 0.1) is 12.6 Å². The molecule has 1 aliphatic rings. The van der Waals surface area contributed by atoms with Gasteiger partial charge in [0.25, 0.3) is 0 Å². The van der Waals surface area contributed by atoms with Gasteiger partial charge < -0.3 is 15.7 Å². The Morgan fingerprint density at radius 2 is 1.96 bits per heavy atom. The summed E-state index contributed by atoms with van der Waals surface area (Å²) in [5.74, 6) is 0.788. The van der Waals surface area contributed by atoms with Gasteiger partial charge in [0.1, 0.15) is 5.52 Å². The second-order valence-electron chi connectivity index (χ2n) is 6.49. The zero-order chi connectivity index (χ0) is 17.1. The number of hydrogen-bond acceptors (Lipinski definition) is 5. The first-order valence-corrected chi connectivity index (χ1v) is 8.83. The number of fused-ring (bicyclic) bond motifs is 1. The number of piperidine rings is 1. The fourth-order valence-corrected chi connectivity index (χ4v) is 3.34. The van der Waals surface area contributed by atoms with Gasteiger partial charge in [0, 0.05) is 12.2 Å². The van der Waals surface area contributed by atoms with E-state index in [1.54, 1.807) is 6.20 Å². The van der Waals surface area contributed by atoms with E-state index in [1.807, 2.05) is 47.0 Å². The maximum absolute atomic E-state index is 10.7. The molecule has 6 heteroatoms. The molecule has 1 saturated heterocycles. The molecule has 1 aromatic carbocycles. The summed E-state index contributed by atoms with van der Waals surface area (Å²) in [6, 6.07) is 14.0. The van der Waals surface area contributed by atoms with Crippen LogP contribution in [0.15, 0.2) is 48.7 Å². The van der Waals surface area contributed by atoms with Crippen LogP contribution in [-0.4, -0.2) is 38.8 Å². The average Bonchev–Trinajstić information content (AvgIpc) is 3.00. The molecule has 6 nitrogen and oxygen atoms in total. The minimum Gasteiger partial charge on any atom is -0.387 e. The third-order valence-corrected chi connectivity index (χ3v) is 4.72. The second-order valence-corrected chi connectivity index (χ2v) is 6.49. The van der Waals surface area contributed by atoms with Gasteiger partial charge in [-0.15, -0.1) is 0 Å². The van der Waals surface area contributed by atoms with Crippen LogP contribution in [0, 0.1) is 0 Å². The lowest BCUT2D eigenvalue weighted by Crippen LogP contribution is -2.36. The third-order valence-electron chi connectivity index (χ3n) is 4.72. The van der Waals surface area contributed by atoms with Crippen molar-refractivity contribution in [3.05, 3.63) is 54.2 Å². The molecule has 0 amide bonds. The number of aliphatic hydroxyl groups is 1. The van der Waals surface area contributed by atoms with Crippen LogP contribution in [-0.2, 0) is 6.54 Å². The topological polar surface area (TPSA) is 75.0 Å². The number of aliphatic hydroxyl groups excluding tert-OH is 1. The molecule has 1 fully saturated rings. The molecule has 4 rings (SSSR count). The maximum Gasteiger partial charge on any atom is 0.205 e. The van der Waals surface area contributed by atoms with E-state index in [1.165, 1.54) is 0 Å². The smallest absolute Gasteiger partial charge is 0.205 e. The van der Waals surface area contributed by atoms with Crippen molar-refractivity contribution in [2.45, 2.75) is 31.5 Å². The molecule has 0 bridgehead atoms. The highest BCUT2D eigenvalue weighted by molar-refractivity contribution is 5.74. The van der Waals surface area contributed by atoms with Crippen LogP contribution >= 0.6 is 0 Å². The minimum atomic E-state index is -0.603. The second kappa shape index (κ2) is 7.21. The molecule has 25 heavy (non-hydrogen) atoms. The summed E-state index contributed by atoms with van der Waals surface area (Å²) in [4.78, 5) is 9.19. The molecule has 0 radical (unpaired) electrons. The summed E-state index contributed by atoms with van der Waals surface area (Å²) in [6.07, 6.45) is 3.30. The molecule has 0 spiro atoms. The molecular formula is C19H23N5O. The third kappa shape index (κ3) is 3.50. The largest absolute Gasteiger partial charge is 0.387 e. The molecule has 3 heterocycles. The Labute approximate surface area is 146 Å². The first kappa shape index (κ1) is 16.1. The molecule has 1 atom stereocenters. The number of anilines is 1. The molecule has 1 unspecified atom stereocenters. The van der Waals surface area contributed by atoms with E-state index in [0.29, 0.717) is 12.6 Å². The Bertz CT molecular complexity index is 826. The first-order valence-electron chi connectivity index (χ1n) is 8.83. The number of nitrogens with one attached hydrogen (secondary N) is 2. The normalized spacial score (nSPS) is 16.8. The lowest BCUT2D eigenvalue weighted by atomic mass is 10.1. The standard InChI is InChI=1S/C19H23N5O/c25-17(14-5-2-1-3-6-14)13-24-18-16(7-4-10-21-18)23-19(24)22-15-8-11-20-12-9-15/h1-7,10,15,17,20,25H,8-9,11-13H2,(H,22,23). The predicted octanol–water partition coefficient (Wildman–Crippen LogP) is 2.33. The zero-order valence-corrected chi connectivity index (χ0v) is 14.1. The maximum atomic E-state index is 10.7. The van der Waals surface area contributed by atoms with Crippen LogP contribution < -0.4 is 10.6 Å². The summed E-state index contributed by atoms with van der Waals surface area (Å²) in [5, 5.41) is 17.6. The van der Waals surface area contributed by atoms with Crippen LogP contribution in [0.3, 0.4) is 0 Å². The van der Waals surface area contributed by atoms with Gasteiger partial charge in [0.2, 0.25) is 5.95 Å². The van der Waals surface area contributed by atoms with E-state index in [-0.39, 0.29) is 0 Å². The lowest BCUT2D eigenvalue weighted by molar-refractivity contribution is 0.158. The van der Waals surface area contributed by atoms with Crippen molar-refractivity contribution in [1.29, 1.82) is 0 Å². The van der Waals surface area contributed by atoms with Gasteiger partial charge in [0.15, 0.2) is 5.65 Å². The highest BCUT2D eigenvalue weighted by Gasteiger charge is 2.20. The van der Waals surface area contributed by atoms with E-state index < -0.39 is 6.10 Å². The minimum absolute atomic E-state index is 0.394. The van der Waals surface area contributed by atoms with E-state index in [0.717, 1.165) is 48.6 Å². The van der Waals surface area contributed by atoms with Crippen molar-refractivity contribution in [3.8, 4) is 0 Å². The molecule has 3 aromatic rings. The summed E-state index contributed by atoms with van der Waals surface area (Å²) in [5.41, 5.74) is 2.54. The summed E-state index contributed by atoms with van der Waals surface area (Å²) < 4.78 is 2.00. The van der Waals surface area contributed by atoms with Crippen molar-refractivity contribution >= 4 is 17.1 Å². The van der Waals surface area contributed by atoms with Crippen molar-refractivity contribution in [3.63, 3.8) is 0 Å². The molecular weight excluding hydrogens is 314 g/mol. The van der Waals surface area contributed by atoms with Gasteiger partial charge >= 0.3 is 0 Å². The van der Waals surface area contributed by atoms with E-state index in [2.05, 4.69) is 15.6 Å². The molecule has 0 saturated carbocycles. The van der Waals surface area contributed by atoms with Crippen molar-refractivity contribution in [1.82, 2.24) is 19.9 Å². The Kier molecular flexibility index (Phi) is 4.63. The van der Waals surface area contributed by atoms with Gasteiger partial charge in [-0.2, -0.15) is 0 Å². The predicted molar refractivity (Wildman–Crippen MR) is 98.4 cm³/mol. The highest BCUT2D eigenvalue weighted by atomic mass is 16.3. The number of imidazole rings is 1. The average molecular weight is 337 g/mol. The van der Waals surface area contributed by atoms with E-state index in [4.69, 9.17) is 4.98 Å². The lowest BCUT2D eigenvalue weighted by Gasteiger charge is -2.25. The Morgan fingerprint density at radius 3 is 2.76 bits per heavy atom. The van der Waals surface area contributed by atoms with Crippen LogP contribution in [0.4, 0.5) is 5.95 Å². The number of pyridine rings is 1. The summed E-state index contributed by atoms with van der Waals surface area (Å²) in [6.45, 7) is 2.45. The van der Waals surface area contributed by atoms with Gasteiger partial charge in [-0.05, 0) is 43.6 Å². The molecule has 1 aliphatic heterocycles. The van der Waals surface area contributed by atoms with Crippen LogP contribution in [0.5, 0.6) is 0 Å². The summed E-state index contributed by atoms with van der Waals surface area (Å²) in [7, 11) is 0. The van der Waals surface area contributed by atoms with Crippen LogP contribution in [0.2, 0.25) is 0 Å². The first-order chi connectivity index (χ1) is 12.3. The van der Waals surface area contributed by atoms with Gasteiger partial charge in [-0.3, -0.25) is 4.57 Å². The number of nitrogens with zero attached hydrogens (tertiary/aromatic N) is 3. The fourth-order valence-electron chi connectivity index (χ4n) is 3.34. The highest BCUT2D eigenvalue weighted by Crippen LogP contribution is 2.24. The number of benzene rings is 1. The monoisotopic (exact) mass is 337 g/mol. The number of aromatic nitrogens is 3. The number of hydrogen-bond donors (Lipinski definition) is 3. The van der Waals surface area contributed by atoms with Crippen molar-refractivity contribution in [2.24, 2.45) is 0 Å². The Balaban J connectivity index is 1.64. The van der Waals surface area contributed by atoms with Crippen LogP contribution in [0.1, 0.15) is 24.5 Å². The molecule has 2 aromatic heterocycles.